The summed E-state index contributed by atoms with van der Waals surface area (Å²) in [6.07, 6.45) is -4.69. The normalized spacial score (nSPS) is 11.3. The number of ether oxygens (including phenoxy) is 1. The number of alkyl halides is 3. The number of carbonyl (C=O) groups excluding carboxylic acids is 1. The second kappa shape index (κ2) is 8.99. The summed E-state index contributed by atoms with van der Waals surface area (Å²) in [5.41, 5.74) is -0.325. The van der Waals surface area contributed by atoms with Crippen LogP contribution in [0.2, 0.25) is 0 Å². The summed E-state index contributed by atoms with van der Waals surface area (Å²) in [7, 11) is 0. The number of hydrogen-bond acceptors (Lipinski definition) is 5. The number of hydrogen-bond donors (Lipinski definition) is 1. The summed E-state index contributed by atoms with van der Waals surface area (Å²) in [5, 5.41) is 17.1. The molecule has 3 aromatic rings. The maximum atomic E-state index is 13.0. The second-order valence-corrected chi connectivity index (χ2v) is 7.63. The molecular weight excluding hydrogens is 497 g/mol. The van der Waals surface area contributed by atoms with Gasteiger partial charge >= 0.3 is 6.18 Å². The van der Waals surface area contributed by atoms with Crippen LogP contribution in [0.15, 0.2) is 46.9 Å². The van der Waals surface area contributed by atoms with Gasteiger partial charge in [-0.3, -0.25) is 19.6 Å². The van der Waals surface area contributed by atoms with Gasteiger partial charge in [-0.2, -0.15) is 18.3 Å². The molecule has 0 spiro atoms. The van der Waals surface area contributed by atoms with Crippen molar-refractivity contribution in [2.75, 3.05) is 5.32 Å². The number of anilines is 1. The Morgan fingerprint density at radius 3 is 2.41 bits per heavy atom. The maximum absolute atomic E-state index is 13.0. The molecule has 32 heavy (non-hydrogen) atoms. The molecule has 168 valence electrons. The Balaban J connectivity index is 1.82. The predicted molar refractivity (Wildman–Crippen MR) is 113 cm³/mol. The van der Waals surface area contributed by atoms with Crippen molar-refractivity contribution in [3.8, 4) is 11.5 Å². The fourth-order valence-electron chi connectivity index (χ4n) is 2.76. The number of non-ortho nitro benzene ring substituents is 1. The number of carbonyl (C=O) groups is 1. The van der Waals surface area contributed by atoms with Crippen LogP contribution in [0, 0.1) is 24.0 Å². The molecular formula is C20H16BrF3N4O4. The lowest BCUT2D eigenvalue weighted by atomic mass is 10.2. The topological polar surface area (TPSA) is 99.3 Å². The maximum Gasteiger partial charge on any atom is 0.436 e. The number of aryl methyl sites for hydroxylation is 1. The Kier molecular flexibility index (Phi) is 6.53. The van der Waals surface area contributed by atoms with E-state index in [0.717, 1.165) is 16.3 Å². The first-order valence-corrected chi connectivity index (χ1v) is 9.87. The first kappa shape index (κ1) is 23.3. The lowest BCUT2D eigenvalue weighted by molar-refractivity contribution is -0.384. The molecule has 1 aromatic heterocycles. The van der Waals surface area contributed by atoms with Crippen molar-refractivity contribution < 1.29 is 27.6 Å². The van der Waals surface area contributed by atoms with Gasteiger partial charge in [0.1, 0.15) is 18.0 Å². The molecule has 0 aliphatic heterocycles. The number of amides is 1. The van der Waals surface area contributed by atoms with Crippen LogP contribution in [0.5, 0.6) is 11.5 Å². The number of nitrogens with zero attached hydrogens (tertiary/aromatic N) is 3. The molecule has 8 nitrogen and oxygen atoms in total. The van der Waals surface area contributed by atoms with E-state index in [2.05, 4.69) is 26.3 Å². The molecule has 0 fully saturated rings. The van der Waals surface area contributed by atoms with Crippen molar-refractivity contribution in [1.29, 1.82) is 0 Å². The second-order valence-electron chi connectivity index (χ2n) is 6.84. The summed E-state index contributed by atoms with van der Waals surface area (Å²) >= 11 is 2.84. The van der Waals surface area contributed by atoms with Crippen LogP contribution in [0.25, 0.3) is 0 Å². The summed E-state index contributed by atoms with van der Waals surface area (Å²) in [6, 6.07) is 10.7. The Morgan fingerprint density at radius 2 is 1.84 bits per heavy atom. The van der Waals surface area contributed by atoms with Crippen LogP contribution in [0.3, 0.4) is 0 Å². The van der Waals surface area contributed by atoms with E-state index in [1.165, 1.54) is 19.1 Å². The van der Waals surface area contributed by atoms with Crippen molar-refractivity contribution in [1.82, 2.24) is 9.78 Å². The minimum Gasteiger partial charge on any atom is -0.457 e. The quantitative estimate of drug-likeness (QED) is 0.341. The van der Waals surface area contributed by atoms with Gasteiger partial charge in [0.15, 0.2) is 5.69 Å². The molecule has 0 aliphatic rings. The van der Waals surface area contributed by atoms with E-state index < -0.39 is 29.2 Å². The van der Waals surface area contributed by atoms with Gasteiger partial charge in [0, 0.05) is 12.1 Å². The predicted octanol–water partition coefficient (Wildman–Crippen LogP) is 5.62. The number of aromatic nitrogens is 2. The summed E-state index contributed by atoms with van der Waals surface area (Å²) in [4.78, 5) is 23.0. The summed E-state index contributed by atoms with van der Waals surface area (Å²) in [6.45, 7) is 2.74. The fraction of sp³-hybridized carbons (Fsp3) is 0.200. The van der Waals surface area contributed by atoms with Crippen molar-refractivity contribution >= 4 is 33.2 Å². The molecule has 1 N–H and O–H groups in total. The van der Waals surface area contributed by atoms with E-state index in [-0.39, 0.29) is 27.3 Å². The van der Waals surface area contributed by atoms with Gasteiger partial charge in [0.2, 0.25) is 5.91 Å². The van der Waals surface area contributed by atoms with Crippen molar-refractivity contribution in [2.45, 2.75) is 26.6 Å². The number of halogens is 4. The van der Waals surface area contributed by atoms with Crippen molar-refractivity contribution in [3.05, 3.63) is 74.0 Å². The highest BCUT2D eigenvalue weighted by molar-refractivity contribution is 9.10. The lowest BCUT2D eigenvalue weighted by Crippen LogP contribution is -2.21. The molecule has 1 amide bonds. The molecule has 3 rings (SSSR count). The molecule has 2 aromatic carbocycles. The SMILES string of the molecule is Cc1ccc(Oc2cc(NC(=O)Cn3nc(C(F)(F)F)c(Br)c3C)cc([N+](=O)[O-])c2)cc1. The van der Waals surface area contributed by atoms with Gasteiger partial charge in [-0.05, 0) is 41.9 Å². The Morgan fingerprint density at radius 1 is 1.19 bits per heavy atom. The molecule has 0 aliphatic carbocycles. The van der Waals surface area contributed by atoms with Crippen molar-refractivity contribution in [3.63, 3.8) is 0 Å². The third kappa shape index (κ3) is 5.44. The van der Waals surface area contributed by atoms with E-state index >= 15 is 0 Å². The van der Waals surface area contributed by atoms with Crippen LogP contribution < -0.4 is 10.1 Å². The van der Waals surface area contributed by atoms with Crippen LogP contribution in [-0.4, -0.2) is 20.6 Å². The fourth-order valence-corrected chi connectivity index (χ4v) is 3.27. The Hall–Kier alpha value is -3.41. The highest BCUT2D eigenvalue weighted by Gasteiger charge is 2.38. The van der Waals surface area contributed by atoms with Crippen LogP contribution in [0.1, 0.15) is 17.0 Å². The highest BCUT2D eigenvalue weighted by atomic mass is 79.9. The summed E-state index contributed by atoms with van der Waals surface area (Å²) < 4.78 is 45.3. The Bertz CT molecular complexity index is 1180. The molecule has 0 bridgehead atoms. The smallest absolute Gasteiger partial charge is 0.436 e. The minimum absolute atomic E-state index is 0.0474. The average Bonchev–Trinajstić information content (AvgIpc) is 2.98. The molecule has 0 unspecified atom stereocenters. The molecule has 0 radical (unpaired) electrons. The number of benzene rings is 2. The number of nitro benzene ring substituents is 1. The number of rotatable bonds is 6. The largest absolute Gasteiger partial charge is 0.457 e. The zero-order chi connectivity index (χ0) is 23.6. The van der Waals surface area contributed by atoms with E-state index in [1.54, 1.807) is 24.3 Å². The molecule has 0 saturated carbocycles. The van der Waals surface area contributed by atoms with E-state index in [0.29, 0.717) is 5.75 Å². The van der Waals surface area contributed by atoms with Crippen molar-refractivity contribution in [2.24, 2.45) is 0 Å². The molecule has 0 saturated heterocycles. The first-order chi connectivity index (χ1) is 14.9. The zero-order valence-electron chi connectivity index (χ0n) is 16.7. The zero-order valence-corrected chi connectivity index (χ0v) is 18.3. The van der Waals surface area contributed by atoms with Crippen LogP contribution in [0.4, 0.5) is 24.5 Å². The minimum atomic E-state index is -4.69. The van der Waals surface area contributed by atoms with E-state index in [9.17, 15) is 28.1 Å². The van der Waals surface area contributed by atoms with Crippen LogP contribution >= 0.6 is 15.9 Å². The van der Waals surface area contributed by atoms with Gasteiger partial charge in [0.25, 0.3) is 5.69 Å². The third-order valence-corrected chi connectivity index (χ3v) is 5.29. The number of nitrogens with one attached hydrogen (secondary N) is 1. The van der Waals surface area contributed by atoms with Crippen LogP contribution in [-0.2, 0) is 17.5 Å². The average molecular weight is 513 g/mol. The Labute approximate surface area is 188 Å². The summed E-state index contributed by atoms with van der Waals surface area (Å²) in [5.74, 6) is -0.181. The van der Waals surface area contributed by atoms with E-state index in [4.69, 9.17) is 4.74 Å². The number of nitro groups is 1. The van der Waals surface area contributed by atoms with Gasteiger partial charge in [0.05, 0.1) is 26.8 Å². The third-order valence-electron chi connectivity index (χ3n) is 4.34. The lowest BCUT2D eigenvalue weighted by Gasteiger charge is -2.10. The highest BCUT2D eigenvalue weighted by Crippen LogP contribution is 2.35. The molecule has 1 heterocycles. The van der Waals surface area contributed by atoms with Gasteiger partial charge in [-0.1, -0.05) is 17.7 Å². The standard InChI is InChI=1S/C20H16BrF3N4O4/c1-11-3-5-15(6-4-11)32-16-8-13(7-14(9-16)28(30)31)25-17(29)10-27-12(2)18(21)19(26-27)20(22,23)24/h3-9H,10H2,1-2H3,(H,25,29). The first-order valence-electron chi connectivity index (χ1n) is 9.08. The monoisotopic (exact) mass is 512 g/mol. The van der Waals surface area contributed by atoms with Gasteiger partial charge in [-0.15, -0.1) is 0 Å². The molecule has 12 heteroatoms. The van der Waals surface area contributed by atoms with Gasteiger partial charge in [-0.25, -0.2) is 0 Å². The van der Waals surface area contributed by atoms with E-state index in [1.807, 2.05) is 6.92 Å². The van der Waals surface area contributed by atoms with Gasteiger partial charge < -0.3 is 10.1 Å². The molecule has 0 atom stereocenters.